The van der Waals surface area contributed by atoms with E-state index >= 15 is 0 Å². The number of rotatable bonds is 4. The van der Waals surface area contributed by atoms with E-state index in [9.17, 15) is 17.6 Å². The molecule has 2 heterocycles. The van der Waals surface area contributed by atoms with Gasteiger partial charge in [0.15, 0.2) is 15.7 Å². The Balaban J connectivity index is 1.69. The Labute approximate surface area is 160 Å². The van der Waals surface area contributed by atoms with E-state index in [4.69, 9.17) is 0 Å². The molecule has 0 saturated heterocycles. The number of carbonyl (C=O) groups is 1. The highest BCUT2D eigenvalue weighted by molar-refractivity contribution is 7.91. The Morgan fingerprint density at radius 3 is 2.75 bits per heavy atom. The van der Waals surface area contributed by atoms with Crippen LogP contribution >= 0.6 is 0 Å². The van der Waals surface area contributed by atoms with E-state index in [-0.39, 0.29) is 22.8 Å². The minimum atomic E-state index is -3.77. The minimum Gasteiger partial charge on any atom is -0.305 e. The van der Waals surface area contributed by atoms with Gasteiger partial charge < -0.3 is 5.32 Å². The fourth-order valence-electron chi connectivity index (χ4n) is 3.21. The number of aryl methyl sites for hydroxylation is 1. The first-order valence-electron chi connectivity index (χ1n) is 8.55. The number of nitrogens with zero attached hydrogens (tertiary/aromatic N) is 1. The molecule has 1 amide bonds. The maximum Gasteiger partial charge on any atom is 0.259 e. The summed E-state index contributed by atoms with van der Waals surface area (Å²) in [5, 5.41) is 11.1. The van der Waals surface area contributed by atoms with Crippen LogP contribution < -0.4 is 10.6 Å². The highest BCUT2D eigenvalue weighted by atomic mass is 32.2. The standard InChI is InChI=1S/C19H17FN4O3S/c1-11-5-4-6-12(9-11)28(26,27)19-16-15(10-21-19)23-24-17(16)22-18(25)13-7-2-3-8-14(13)20/h2-9,19,21H,10H2,1H3,(H2,22,23,24,25). The molecule has 3 aromatic rings. The zero-order valence-corrected chi connectivity index (χ0v) is 15.7. The summed E-state index contributed by atoms with van der Waals surface area (Å²) in [6, 6.07) is 12.1. The predicted molar refractivity (Wildman–Crippen MR) is 101 cm³/mol. The van der Waals surface area contributed by atoms with Crippen molar-refractivity contribution in [1.29, 1.82) is 0 Å². The number of benzene rings is 2. The largest absolute Gasteiger partial charge is 0.305 e. The molecule has 0 aliphatic carbocycles. The number of aromatic nitrogens is 2. The Bertz CT molecular complexity index is 1170. The number of nitrogens with one attached hydrogen (secondary N) is 3. The van der Waals surface area contributed by atoms with Crippen molar-refractivity contribution < 1.29 is 17.6 Å². The van der Waals surface area contributed by atoms with Crippen LogP contribution in [-0.4, -0.2) is 24.5 Å². The van der Waals surface area contributed by atoms with Crippen molar-refractivity contribution in [3.63, 3.8) is 0 Å². The molecule has 1 unspecified atom stereocenters. The molecule has 0 spiro atoms. The number of sulfone groups is 1. The molecule has 9 heteroatoms. The molecule has 2 aromatic carbocycles. The molecule has 144 valence electrons. The maximum atomic E-state index is 13.9. The topological polar surface area (TPSA) is 104 Å². The van der Waals surface area contributed by atoms with Crippen molar-refractivity contribution in [3.8, 4) is 0 Å². The van der Waals surface area contributed by atoms with E-state index in [1.807, 2.05) is 13.0 Å². The quantitative estimate of drug-likeness (QED) is 0.625. The van der Waals surface area contributed by atoms with Crippen LogP contribution in [0.3, 0.4) is 0 Å². The number of aromatic amines is 1. The Morgan fingerprint density at radius 1 is 1.21 bits per heavy atom. The van der Waals surface area contributed by atoms with E-state index < -0.39 is 26.9 Å². The maximum absolute atomic E-state index is 13.9. The van der Waals surface area contributed by atoms with Crippen LogP contribution in [0.15, 0.2) is 53.4 Å². The van der Waals surface area contributed by atoms with Gasteiger partial charge in [0.1, 0.15) is 11.2 Å². The molecule has 0 radical (unpaired) electrons. The van der Waals surface area contributed by atoms with Crippen LogP contribution in [0.4, 0.5) is 10.2 Å². The second-order valence-electron chi connectivity index (χ2n) is 6.52. The molecule has 3 N–H and O–H groups in total. The molecule has 28 heavy (non-hydrogen) atoms. The van der Waals surface area contributed by atoms with E-state index in [2.05, 4.69) is 20.8 Å². The van der Waals surface area contributed by atoms with E-state index in [1.165, 1.54) is 24.3 Å². The summed E-state index contributed by atoms with van der Waals surface area (Å²) in [6.45, 7) is 2.07. The number of amides is 1. The third-order valence-corrected chi connectivity index (χ3v) is 6.52. The number of halogens is 1. The summed E-state index contributed by atoms with van der Waals surface area (Å²) in [7, 11) is -3.77. The van der Waals surface area contributed by atoms with Crippen LogP contribution in [0.5, 0.6) is 0 Å². The lowest BCUT2D eigenvalue weighted by Crippen LogP contribution is -2.24. The van der Waals surface area contributed by atoms with Gasteiger partial charge in [-0.25, -0.2) is 12.8 Å². The molecular formula is C19H17FN4O3S. The first-order valence-corrected chi connectivity index (χ1v) is 10.1. The van der Waals surface area contributed by atoms with Gasteiger partial charge >= 0.3 is 0 Å². The van der Waals surface area contributed by atoms with Gasteiger partial charge in [-0.2, -0.15) is 5.10 Å². The van der Waals surface area contributed by atoms with Crippen LogP contribution in [0.1, 0.15) is 32.6 Å². The SMILES string of the molecule is Cc1cccc(S(=O)(=O)C2NCc3[nH]nc(NC(=O)c4ccccc4F)c32)c1. The Morgan fingerprint density at radius 2 is 2.00 bits per heavy atom. The number of carbonyl (C=O) groups excluding carboxylic acids is 1. The number of hydrogen-bond donors (Lipinski definition) is 3. The number of anilines is 1. The van der Waals surface area contributed by atoms with Crippen molar-refractivity contribution in [2.24, 2.45) is 0 Å². The van der Waals surface area contributed by atoms with Crippen LogP contribution in [0.25, 0.3) is 0 Å². The smallest absolute Gasteiger partial charge is 0.259 e. The second-order valence-corrected chi connectivity index (χ2v) is 8.55. The lowest BCUT2D eigenvalue weighted by molar-refractivity contribution is 0.102. The van der Waals surface area contributed by atoms with Crippen molar-refractivity contribution in [2.75, 3.05) is 5.32 Å². The molecule has 0 fully saturated rings. The van der Waals surface area contributed by atoms with E-state index in [1.54, 1.807) is 18.2 Å². The fourth-order valence-corrected chi connectivity index (χ4v) is 4.97. The van der Waals surface area contributed by atoms with Gasteiger partial charge in [0.25, 0.3) is 5.91 Å². The van der Waals surface area contributed by atoms with Gasteiger partial charge in [-0.1, -0.05) is 24.3 Å². The van der Waals surface area contributed by atoms with Crippen molar-refractivity contribution in [1.82, 2.24) is 15.5 Å². The number of H-pyrrole nitrogens is 1. The van der Waals surface area contributed by atoms with E-state index in [0.29, 0.717) is 11.3 Å². The highest BCUT2D eigenvalue weighted by Gasteiger charge is 2.39. The third kappa shape index (κ3) is 3.08. The zero-order chi connectivity index (χ0) is 19.9. The number of fused-ring (bicyclic) bond motifs is 1. The average molecular weight is 400 g/mol. The molecule has 1 aliphatic heterocycles. The highest BCUT2D eigenvalue weighted by Crippen LogP contribution is 2.37. The Hall–Kier alpha value is -3.04. The zero-order valence-electron chi connectivity index (χ0n) is 14.9. The van der Waals surface area contributed by atoms with E-state index in [0.717, 1.165) is 5.56 Å². The summed E-state index contributed by atoms with van der Waals surface area (Å²) in [4.78, 5) is 12.6. The summed E-state index contributed by atoms with van der Waals surface area (Å²) in [5.74, 6) is -1.31. The molecule has 1 atom stereocenters. The van der Waals surface area contributed by atoms with Crippen LogP contribution in [-0.2, 0) is 16.4 Å². The van der Waals surface area contributed by atoms with Gasteiger partial charge in [-0.05, 0) is 36.8 Å². The monoisotopic (exact) mass is 400 g/mol. The fraction of sp³-hybridized carbons (Fsp3) is 0.158. The minimum absolute atomic E-state index is 0.0643. The van der Waals surface area contributed by atoms with Crippen LogP contribution in [0.2, 0.25) is 0 Å². The Kier molecular flexibility index (Phi) is 4.48. The molecule has 0 saturated carbocycles. The second kappa shape index (κ2) is 6.84. The van der Waals surface area contributed by atoms with Crippen molar-refractivity contribution in [2.45, 2.75) is 23.7 Å². The van der Waals surface area contributed by atoms with Gasteiger partial charge in [-0.3, -0.25) is 15.2 Å². The van der Waals surface area contributed by atoms with Gasteiger partial charge in [0.2, 0.25) is 0 Å². The molecule has 1 aromatic heterocycles. The summed E-state index contributed by atoms with van der Waals surface area (Å²) in [5.41, 5.74) is 1.57. The van der Waals surface area contributed by atoms with Gasteiger partial charge in [0, 0.05) is 6.54 Å². The predicted octanol–water partition coefficient (Wildman–Crippen LogP) is 2.69. The number of hydrogen-bond acceptors (Lipinski definition) is 5. The third-order valence-electron chi connectivity index (χ3n) is 4.59. The average Bonchev–Trinajstić information content (AvgIpc) is 3.25. The van der Waals surface area contributed by atoms with Crippen LogP contribution in [0, 0.1) is 12.7 Å². The first-order chi connectivity index (χ1) is 13.4. The van der Waals surface area contributed by atoms with Crippen molar-refractivity contribution >= 4 is 21.6 Å². The van der Waals surface area contributed by atoms with Crippen molar-refractivity contribution in [3.05, 3.63) is 76.7 Å². The summed E-state index contributed by atoms with van der Waals surface area (Å²) >= 11 is 0. The first kappa shape index (κ1) is 18.3. The lowest BCUT2D eigenvalue weighted by atomic mass is 10.2. The summed E-state index contributed by atoms with van der Waals surface area (Å²) < 4.78 is 40.1. The molecule has 7 nitrogen and oxygen atoms in total. The molecular weight excluding hydrogens is 383 g/mol. The molecule has 0 bridgehead atoms. The summed E-state index contributed by atoms with van der Waals surface area (Å²) in [6.07, 6.45) is 0. The van der Waals surface area contributed by atoms with Gasteiger partial charge in [0.05, 0.1) is 21.7 Å². The normalized spacial score (nSPS) is 16.0. The van der Waals surface area contributed by atoms with Gasteiger partial charge in [-0.15, -0.1) is 0 Å². The lowest BCUT2D eigenvalue weighted by Gasteiger charge is -2.15. The molecule has 4 rings (SSSR count). The molecule has 1 aliphatic rings.